The normalized spacial score (nSPS) is 11.1. The van der Waals surface area contributed by atoms with Crippen LogP contribution >= 0.6 is 24.0 Å². The molecule has 8 heteroatoms. The highest BCUT2D eigenvalue weighted by Gasteiger charge is 2.06. The summed E-state index contributed by atoms with van der Waals surface area (Å²) in [5, 5.41) is 10.9. The van der Waals surface area contributed by atoms with Crippen molar-refractivity contribution in [2.45, 2.75) is 26.3 Å². The van der Waals surface area contributed by atoms with Gasteiger partial charge in [-0.15, -0.1) is 24.0 Å². The van der Waals surface area contributed by atoms with Crippen LogP contribution < -0.4 is 15.4 Å². The summed E-state index contributed by atoms with van der Waals surface area (Å²) in [6, 6.07) is 6.26. The molecule has 2 N–H and O–H groups in total. The maximum absolute atomic E-state index is 5.94. The molecule has 156 valence electrons. The van der Waals surface area contributed by atoms with E-state index in [-0.39, 0.29) is 24.0 Å². The molecule has 0 aliphatic rings. The number of hydrogen-bond donors (Lipinski definition) is 2. The van der Waals surface area contributed by atoms with Crippen LogP contribution in [0.2, 0.25) is 0 Å². The molecule has 1 aromatic heterocycles. The lowest BCUT2D eigenvalue weighted by atomic mass is 10.1. The number of methoxy groups -OCH3 is 1. The monoisotopic (exact) mass is 501 g/mol. The Kier molecular flexibility index (Phi) is 11.6. The summed E-state index contributed by atoms with van der Waals surface area (Å²) >= 11 is 0. The van der Waals surface area contributed by atoms with Crippen molar-refractivity contribution in [2.24, 2.45) is 12.0 Å². The summed E-state index contributed by atoms with van der Waals surface area (Å²) in [6.45, 7) is 4.85. The van der Waals surface area contributed by atoms with Gasteiger partial charge in [0, 0.05) is 59.1 Å². The Morgan fingerprint density at radius 3 is 2.75 bits per heavy atom. The fourth-order valence-corrected chi connectivity index (χ4v) is 2.65. The molecule has 7 nitrogen and oxygen atoms in total. The van der Waals surface area contributed by atoms with E-state index in [1.807, 2.05) is 24.1 Å². The topological polar surface area (TPSA) is 72.7 Å². The van der Waals surface area contributed by atoms with E-state index in [2.05, 4.69) is 45.8 Å². The number of aromatic nitrogens is 2. The molecule has 0 bridgehead atoms. The van der Waals surface area contributed by atoms with Gasteiger partial charge in [-0.05, 0) is 30.5 Å². The highest BCUT2D eigenvalue weighted by Crippen LogP contribution is 2.20. The molecule has 28 heavy (non-hydrogen) atoms. The van der Waals surface area contributed by atoms with E-state index in [1.54, 1.807) is 14.2 Å². The van der Waals surface area contributed by atoms with Crippen LogP contribution in [0, 0.1) is 6.92 Å². The van der Waals surface area contributed by atoms with Crippen LogP contribution in [0.1, 0.15) is 23.1 Å². The molecule has 2 aromatic rings. The summed E-state index contributed by atoms with van der Waals surface area (Å²) in [5.74, 6) is 1.68. The first kappa shape index (κ1) is 24.2. The summed E-state index contributed by atoms with van der Waals surface area (Å²) in [7, 11) is 5.40. The van der Waals surface area contributed by atoms with Crippen LogP contribution in [-0.4, -0.2) is 49.7 Å². The van der Waals surface area contributed by atoms with Crippen LogP contribution in [0.25, 0.3) is 0 Å². The lowest BCUT2D eigenvalue weighted by Gasteiger charge is -2.15. The van der Waals surface area contributed by atoms with Gasteiger partial charge in [0.1, 0.15) is 5.75 Å². The van der Waals surface area contributed by atoms with Crippen LogP contribution in [-0.2, 0) is 24.8 Å². The molecule has 0 spiro atoms. The number of halogens is 1. The predicted molar refractivity (Wildman–Crippen MR) is 124 cm³/mol. The molecule has 0 fully saturated rings. The molecule has 0 amide bonds. The molecule has 0 saturated heterocycles. The Labute approximate surface area is 184 Å². The average molecular weight is 501 g/mol. The molecule has 2 rings (SSSR count). The van der Waals surface area contributed by atoms with Gasteiger partial charge in [-0.25, -0.2) is 0 Å². The van der Waals surface area contributed by atoms with Crippen molar-refractivity contribution in [1.29, 1.82) is 0 Å². The first-order valence-electron chi connectivity index (χ1n) is 9.25. The molecule has 0 unspecified atom stereocenters. The minimum absolute atomic E-state index is 0. The maximum atomic E-state index is 5.94. The number of ether oxygens (including phenoxy) is 2. The Bertz CT molecular complexity index is 733. The van der Waals surface area contributed by atoms with E-state index in [9.17, 15) is 0 Å². The number of aryl methyl sites for hydroxylation is 2. The van der Waals surface area contributed by atoms with Gasteiger partial charge in [0.15, 0.2) is 5.96 Å². The Hall–Kier alpha value is -1.81. The lowest BCUT2D eigenvalue weighted by molar-refractivity contribution is 0.172. The van der Waals surface area contributed by atoms with Crippen LogP contribution in [0.15, 0.2) is 35.6 Å². The Morgan fingerprint density at radius 2 is 2.07 bits per heavy atom. The molecular weight excluding hydrogens is 469 g/mol. The van der Waals surface area contributed by atoms with Gasteiger partial charge < -0.3 is 20.1 Å². The minimum atomic E-state index is 0. The third-order valence-electron chi connectivity index (χ3n) is 4.11. The summed E-state index contributed by atoms with van der Waals surface area (Å²) in [4.78, 5) is 4.29. The van der Waals surface area contributed by atoms with E-state index >= 15 is 0 Å². The fraction of sp³-hybridized carbons (Fsp3) is 0.500. The number of rotatable bonds is 10. The molecule has 0 atom stereocenters. The van der Waals surface area contributed by atoms with Gasteiger partial charge in [0.2, 0.25) is 0 Å². The number of hydrogen-bond acceptors (Lipinski definition) is 4. The number of benzene rings is 1. The third kappa shape index (κ3) is 8.47. The minimum Gasteiger partial charge on any atom is -0.493 e. The first-order valence-corrected chi connectivity index (χ1v) is 9.25. The summed E-state index contributed by atoms with van der Waals surface area (Å²) < 4.78 is 12.8. The highest BCUT2D eigenvalue weighted by atomic mass is 127. The second-order valence-electron chi connectivity index (χ2n) is 6.43. The molecule has 0 aliphatic heterocycles. The van der Waals surface area contributed by atoms with E-state index in [1.165, 1.54) is 11.1 Å². The van der Waals surface area contributed by atoms with Crippen molar-refractivity contribution >= 4 is 29.9 Å². The summed E-state index contributed by atoms with van der Waals surface area (Å²) in [6.07, 6.45) is 5.68. The van der Waals surface area contributed by atoms with Gasteiger partial charge in [-0.1, -0.05) is 12.1 Å². The zero-order valence-corrected chi connectivity index (χ0v) is 19.5. The van der Waals surface area contributed by atoms with Gasteiger partial charge >= 0.3 is 0 Å². The number of aliphatic imine (C=N–C) groups is 1. The molecule has 0 saturated carbocycles. The van der Waals surface area contributed by atoms with Gasteiger partial charge in [0.25, 0.3) is 0 Å². The van der Waals surface area contributed by atoms with Crippen LogP contribution in [0.4, 0.5) is 0 Å². The largest absolute Gasteiger partial charge is 0.493 e. The van der Waals surface area contributed by atoms with E-state index < -0.39 is 0 Å². The van der Waals surface area contributed by atoms with Crippen molar-refractivity contribution < 1.29 is 9.47 Å². The smallest absolute Gasteiger partial charge is 0.191 e. The third-order valence-corrected chi connectivity index (χ3v) is 4.11. The fourth-order valence-electron chi connectivity index (χ4n) is 2.65. The zero-order valence-electron chi connectivity index (χ0n) is 17.2. The van der Waals surface area contributed by atoms with Crippen LogP contribution in [0.5, 0.6) is 5.75 Å². The Morgan fingerprint density at radius 1 is 1.25 bits per heavy atom. The van der Waals surface area contributed by atoms with Crippen molar-refractivity contribution in [1.82, 2.24) is 20.4 Å². The van der Waals surface area contributed by atoms with E-state index in [4.69, 9.17) is 9.47 Å². The Balaban J connectivity index is 0.00000392. The molecule has 0 aliphatic carbocycles. The predicted octanol–water partition coefficient (Wildman–Crippen LogP) is 2.67. The molecule has 1 heterocycles. The number of guanidine groups is 1. The van der Waals surface area contributed by atoms with E-state index in [0.717, 1.165) is 36.7 Å². The number of nitrogens with zero attached hydrogens (tertiary/aromatic N) is 3. The van der Waals surface area contributed by atoms with Crippen molar-refractivity contribution in [3.05, 3.63) is 47.3 Å². The molecule has 1 aromatic carbocycles. The number of nitrogens with one attached hydrogen (secondary N) is 2. The van der Waals surface area contributed by atoms with Gasteiger partial charge in [0.05, 0.1) is 12.8 Å². The standard InChI is InChI=1S/C20H31N5O2.HI/c1-16-6-7-18(19(12-16)27-11-5-10-26-4)14-23-20(21-2)22-9-8-17-13-24-25(3)15-17;/h6-7,12-13,15H,5,8-11,14H2,1-4H3,(H2,21,22,23);1H. The van der Waals surface area contributed by atoms with Gasteiger partial charge in [-0.2, -0.15) is 5.10 Å². The second-order valence-corrected chi connectivity index (χ2v) is 6.43. The van der Waals surface area contributed by atoms with Crippen molar-refractivity contribution in [2.75, 3.05) is 33.9 Å². The molecule has 0 radical (unpaired) electrons. The lowest BCUT2D eigenvalue weighted by Crippen LogP contribution is -2.37. The van der Waals surface area contributed by atoms with Crippen molar-refractivity contribution in [3.8, 4) is 5.75 Å². The maximum Gasteiger partial charge on any atom is 0.191 e. The van der Waals surface area contributed by atoms with E-state index in [0.29, 0.717) is 19.8 Å². The summed E-state index contributed by atoms with van der Waals surface area (Å²) in [5.41, 5.74) is 3.48. The first-order chi connectivity index (χ1) is 13.1. The molecular formula is C20H32IN5O2. The average Bonchev–Trinajstić information content (AvgIpc) is 3.08. The highest BCUT2D eigenvalue weighted by molar-refractivity contribution is 14.0. The quantitative estimate of drug-likeness (QED) is 0.227. The van der Waals surface area contributed by atoms with Crippen molar-refractivity contribution in [3.63, 3.8) is 0 Å². The zero-order chi connectivity index (χ0) is 19.5. The SMILES string of the molecule is CN=C(NCCc1cnn(C)c1)NCc1ccc(C)cc1OCCCOC.I. The second kappa shape index (κ2) is 13.4. The van der Waals surface area contributed by atoms with Gasteiger partial charge in [-0.3, -0.25) is 9.67 Å². The van der Waals surface area contributed by atoms with Crippen LogP contribution in [0.3, 0.4) is 0 Å².